The van der Waals surface area contributed by atoms with Gasteiger partial charge in [-0.05, 0) is 37.3 Å². The lowest BCUT2D eigenvalue weighted by Gasteiger charge is -2.31. The maximum Gasteiger partial charge on any atom is 0.142 e. The number of ether oxygens (including phenoxy) is 1. The number of nitrogens with two attached hydrogens (primary N) is 1. The third kappa shape index (κ3) is 3.16. The summed E-state index contributed by atoms with van der Waals surface area (Å²) in [6.07, 6.45) is 4.91. The molecule has 18 heavy (non-hydrogen) atoms. The van der Waals surface area contributed by atoms with Crippen molar-refractivity contribution < 1.29 is 4.74 Å². The minimum atomic E-state index is 0.398. The summed E-state index contributed by atoms with van der Waals surface area (Å²) in [5.41, 5.74) is 7.22. The van der Waals surface area contributed by atoms with Gasteiger partial charge >= 0.3 is 0 Å². The molecule has 1 aliphatic carbocycles. The molecule has 2 N–H and O–H groups in total. The Bertz CT molecular complexity index is 381. The van der Waals surface area contributed by atoms with Crippen molar-refractivity contribution in [2.45, 2.75) is 31.7 Å². The molecule has 0 spiro atoms. The molecule has 0 radical (unpaired) electrons. The summed E-state index contributed by atoms with van der Waals surface area (Å²) in [5.74, 6) is 1.66. The van der Waals surface area contributed by atoms with Crippen molar-refractivity contribution in [1.29, 1.82) is 0 Å². The number of rotatable bonds is 4. The highest BCUT2D eigenvalue weighted by molar-refractivity contribution is 5.57. The first kappa shape index (κ1) is 13.2. The van der Waals surface area contributed by atoms with E-state index >= 15 is 0 Å². The zero-order valence-electron chi connectivity index (χ0n) is 11.4. The molecule has 0 saturated heterocycles. The number of benzene rings is 1. The molecule has 0 amide bonds. The van der Waals surface area contributed by atoms with Gasteiger partial charge < -0.3 is 15.4 Å². The zero-order chi connectivity index (χ0) is 13.0. The highest BCUT2D eigenvalue weighted by Gasteiger charge is 2.21. The van der Waals surface area contributed by atoms with Gasteiger partial charge in [-0.2, -0.15) is 0 Å². The summed E-state index contributed by atoms with van der Waals surface area (Å²) >= 11 is 0. The van der Waals surface area contributed by atoms with Gasteiger partial charge in [0.2, 0.25) is 0 Å². The smallest absolute Gasteiger partial charge is 0.142 e. The molecule has 2 unspecified atom stereocenters. The number of para-hydroxylation sites is 2. The van der Waals surface area contributed by atoms with Crippen LogP contribution < -0.4 is 15.4 Å². The molecular weight excluding hydrogens is 224 g/mol. The van der Waals surface area contributed by atoms with Gasteiger partial charge in [-0.15, -0.1) is 0 Å². The van der Waals surface area contributed by atoms with Crippen molar-refractivity contribution in [2.75, 3.05) is 25.6 Å². The van der Waals surface area contributed by atoms with Crippen LogP contribution in [0, 0.1) is 5.92 Å². The van der Waals surface area contributed by atoms with Gasteiger partial charge in [0, 0.05) is 19.6 Å². The number of nitrogens with zero attached hydrogens (tertiary/aromatic N) is 1. The average molecular weight is 248 g/mol. The lowest BCUT2D eigenvalue weighted by atomic mass is 9.86. The van der Waals surface area contributed by atoms with E-state index in [-0.39, 0.29) is 0 Å². The van der Waals surface area contributed by atoms with Gasteiger partial charge in [0.05, 0.1) is 12.8 Å². The van der Waals surface area contributed by atoms with Gasteiger partial charge in [-0.25, -0.2) is 0 Å². The fourth-order valence-corrected chi connectivity index (χ4v) is 2.93. The van der Waals surface area contributed by atoms with Crippen LogP contribution in [0.1, 0.15) is 25.7 Å². The van der Waals surface area contributed by atoms with Gasteiger partial charge in [0.1, 0.15) is 5.75 Å². The van der Waals surface area contributed by atoms with Gasteiger partial charge in [0.25, 0.3) is 0 Å². The minimum Gasteiger partial charge on any atom is -0.495 e. The Morgan fingerprint density at radius 2 is 2.11 bits per heavy atom. The van der Waals surface area contributed by atoms with Crippen molar-refractivity contribution in [2.24, 2.45) is 11.7 Å². The SMILES string of the molecule is COc1ccccc1N(C)CC1CCCC(N)C1. The second-order valence-corrected chi connectivity index (χ2v) is 5.35. The summed E-state index contributed by atoms with van der Waals surface area (Å²) in [5, 5.41) is 0. The van der Waals surface area contributed by atoms with Gasteiger partial charge in [-0.3, -0.25) is 0 Å². The third-order valence-electron chi connectivity index (χ3n) is 3.85. The van der Waals surface area contributed by atoms with E-state index in [1.165, 1.54) is 24.9 Å². The van der Waals surface area contributed by atoms with Crippen LogP contribution in [0.4, 0.5) is 5.69 Å². The molecule has 1 aromatic carbocycles. The summed E-state index contributed by atoms with van der Waals surface area (Å²) in [4.78, 5) is 2.29. The first-order chi connectivity index (χ1) is 8.70. The Morgan fingerprint density at radius 3 is 2.83 bits per heavy atom. The first-order valence-corrected chi connectivity index (χ1v) is 6.80. The maximum atomic E-state index is 6.05. The van der Waals surface area contributed by atoms with Crippen LogP contribution in [0.15, 0.2) is 24.3 Å². The lowest BCUT2D eigenvalue weighted by molar-refractivity contribution is 0.325. The van der Waals surface area contributed by atoms with Crippen molar-refractivity contribution in [1.82, 2.24) is 0 Å². The molecule has 3 nitrogen and oxygen atoms in total. The number of anilines is 1. The molecule has 1 aliphatic rings. The molecule has 1 fully saturated rings. The van der Waals surface area contributed by atoms with Crippen molar-refractivity contribution in [3.8, 4) is 5.75 Å². The first-order valence-electron chi connectivity index (χ1n) is 6.80. The topological polar surface area (TPSA) is 38.5 Å². The summed E-state index contributed by atoms with van der Waals surface area (Å²) in [6.45, 7) is 1.06. The third-order valence-corrected chi connectivity index (χ3v) is 3.85. The highest BCUT2D eigenvalue weighted by atomic mass is 16.5. The normalized spacial score (nSPS) is 23.7. The van der Waals surface area contributed by atoms with Crippen LogP contribution in [0.2, 0.25) is 0 Å². The monoisotopic (exact) mass is 248 g/mol. The molecular formula is C15H24N2O. The van der Waals surface area contributed by atoms with Crippen molar-refractivity contribution in [3.63, 3.8) is 0 Å². The Kier molecular flexibility index (Phi) is 4.48. The van der Waals surface area contributed by atoms with Crippen LogP contribution in [-0.2, 0) is 0 Å². The predicted molar refractivity (Wildman–Crippen MR) is 76.2 cm³/mol. The molecule has 0 bridgehead atoms. The molecule has 3 heteroatoms. The van der Waals surface area contributed by atoms with Crippen LogP contribution in [0.3, 0.4) is 0 Å². The van der Waals surface area contributed by atoms with Crippen molar-refractivity contribution in [3.05, 3.63) is 24.3 Å². The summed E-state index contributed by atoms with van der Waals surface area (Å²) < 4.78 is 5.41. The Hall–Kier alpha value is -1.22. The number of hydrogen-bond acceptors (Lipinski definition) is 3. The van der Waals surface area contributed by atoms with Crippen LogP contribution in [0.5, 0.6) is 5.75 Å². The molecule has 0 aliphatic heterocycles. The molecule has 0 aromatic heterocycles. The van der Waals surface area contributed by atoms with E-state index in [9.17, 15) is 0 Å². The van der Waals surface area contributed by atoms with Gasteiger partial charge in [-0.1, -0.05) is 18.6 Å². The second kappa shape index (κ2) is 6.10. The van der Waals surface area contributed by atoms with E-state index in [2.05, 4.69) is 24.1 Å². The van der Waals surface area contributed by atoms with E-state index in [0.717, 1.165) is 18.7 Å². The number of methoxy groups -OCH3 is 1. The molecule has 1 aromatic rings. The minimum absolute atomic E-state index is 0.398. The van der Waals surface area contributed by atoms with E-state index in [4.69, 9.17) is 10.5 Å². The zero-order valence-corrected chi connectivity index (χ0v) is 11.4. The fraction of sp³-hybridized carbons (Fsp3) is 0.600. The summed E-state index contributed by atoms with van der Waals surface area (Å²) in [6, 6.07) is 8.59. The van der Waals surface area contributed by atoms with E-state index < -0.39 is 0 Å². The highest BCUT2D eigenvalue weighted by Crippen LogP contribution is 2.30. The van der Waals surface area contributed by atoms with Crippen LogP contribution in [0.25, 0.3) is 0 Å². The lowest BCUT2D eigenvalue weighted by Crippen LogP contribution is -2.34. The second-order valence-electron chi connectivity index (χ2n) is 5.35. The van der Waals surface area contributed by atoms with E-state index in [0.29, 0.717) is 12.0 Å². The average Bonchev–Trinajstić information content (AvgIpc) is 2.38. The molecule has 2 rings (SSSR count). The quantitative estimate of drug-likeness (QED) is 0.890. The Morgan fingerprint density at radius 1 is 1.33 bits per heavy atom. The molecule has 1 saturated carbocycles. The van der Waals surface area contributed by atoms with Crippen molar-refractivity contribution >= 4 is 5.69 Å². The number of hydrogen-bond donors (Lipinski definition) is 1. The molecule has 100 valence electrons. The van der Waals surface area contributed by atoms with Crippen LogP contribution >= 0.6 is 0 Å². The largest absolute Gasteiger partial charge is 0.495 e. The van der Waals surface area contributed by atoms with Crippen LogP contribution in [-0.4, -0.2) is 26.7 Å². The van der Waals surface area contributed by atoms with Gasteiger partial charge in [0.15, 0.2) is 0 Å². The maximum absolute atomic E-state index is 6.05. The summed E-state index contributed by atoms with van der Waals surface area (Å²) in [7, 11) is 3.86. The Labute approximate surface area is 110 Å². The standard InChI is InChI=1S/C15H24N2O/c1-17(11-12-6-5-7-13(16)10-12)14-8-3-4-9-15(14)18-2/h3-4,8-9,12-13H,5-7,10-11,16H2,1-2H3. The fourth-order valence-electron chi connectivity index (χ4n) is 2.93. The van der Waals surface area contributed by atoms with E-state index in [1.54, 1.807) is 7.11 Å². The predicted octanol–water partition coefficient (Wildman–Crippen LogP) is 2.65. The molecule has 2 atom stereocenters. The van der Waals surface area contributed by atoms with E-state index in [1.807, 2.05) is 12.1 Å². The Balaban J connectivity index is 2.00. The molecule has 0 heterocycles.